The molecule has 0 aliphatic rings. The molecule has 3 radical (unpaired) electrons. The van der Waals surface area contributed by atoms with Crippen molar-refractivity contribution in [3.63, 3.8) is 0 Å². The zero-order valence-electron chi connectivity index (χ0n) is 4.73. The van der Waals surface area contributed by atoms with Crippen LogP contribution in [0.3, 0.4) is 0 Å². The Morgan fingerprint density at radius 1 is 1.43 bits per heavy atom. The monoisotopic (exact) mass is 87.1 g/mol. The van der Waals surface area contributed by atoms with Crippen molar-refractivity contribution in [1.29, 1.82) is 0 Å². The molecule has 0 saturated heterocycles. The molecule has 3 heteroatoms. The maximum atomic E-state index is 5.31. The number of hydrogen-bond donors (Lipinski definition) is 0. The summed E-state index contributed by atoms with van der Waals surface area (Å²) in [5.74, 6) is 0. The standard InChI is InChI=1S/C4H6B3/c1-3(5)4(6)7-2/h1-2H3. The molecule has 0 aromatic rings. The van der Waals surface area contributed by atoms with Gasteiger partial charge in [-0.1, -0.05) is 0 Å². The molecule has 0 saturated carbocycles. The minimum absolute atomic E-state index is 0.667. The Bertz CT molecular complexity index is 95.1. The Morgan fingerprint density at radius 3 is 1.86 bits per heavy atom. The predicted octanol–water partition coefficient (Wildman–Crippen LogP) is -0.602. The van der Waals surface area contributed by atoms with Crippen LogP contribution in [0.15, 0.2) is 0 Å². The summed E-state index contributed by atoms with van der Waals surface area (Å²) in [7, 11) is 12.4. The Hall–Kier alpha value is -0.0652. The van der Waals surface area contributed by atoms with Gasteiger partial charge in [0.15, 0.2) is 0 Å². The van der Waals surface area contributed by atoms with E-state index in [2.05, 4.69) is 0 Å². The fourth-order valence-electron chi connectivity index (χ4n) is 0.228. The van der Waals surface area contributed by atoms with Crippen molar-refractivity contribution in [2.75, 3.05) is 0 Å². The molecule has 7 heavy (non-hydrogen) atoms. The average molecular weight is 86.5 g/mol. The molecule has 0 fully saturated rings. The summed E-state index contributed by atoms with van der Waals surface area (Å²) >= 11 is 0. The van der Waals surface area contributed by atoms with Crippen molar-refractivity contribution in [3.8, 4) is 0 Å². The fraction of sp³-hybridized carbons (Fsp3) is 0.500. The first-order valence-electron chi connectivity index (χ1n) is 2.19. The van der Waals surface area contributed by atoms with Gasteiger partial charge in [-0.25, -0.2) is 0 Å². The quantitative estimate of drug-likeness (QED) is 0.394. The van der Waals surface area contributed by atoms with E-state index in [1.165, 1.54) is 0 Å². The first-order chi connectivity index (χ1) is 3.18. The molecular formula is C4H6B3. The van der Waals surface area contributed by atoms with Gasteiger partial charge in [0, 0.05) is 0 Å². The van der Waals surface area contributed by atoms with Crippen molar-refractivity contribution in [1.82, 2.24) is 0 Å². The van der Waals surface area contributed by atoms with Crippen molar-refractivity contribution in [2.24, 2.45) is 0 Å². The first-order valence-corrected chi connectivity index (χ1v) is 2.19. The molecule has 0 aliphatic carbocycles. The van der Waals surface area contributed by atoms with Crippen LogP contribution in [-0.4, -0.2) is 33.1 Å². The van der Waals surface area contributed by atoms with Gasteiger partial charge in [0.2, 0.25) is 0 Å². The number of hydrogen-bond acceptors (Lipinski definition) is 0. The summed E-state index contributed by atoms with van der Waals surface area (Å²) in [4.78, 5) is 0. The molecule has 0 amide bonds. The average Bonchev–Trinajstić information content (AvgIpc) is 1.65. The van der Waals surface area contributed by atoms with Crippen LogP contribution in [0.4, 0.5) is 0 Å². The summed E-state index contributed by atoms with van der Waals surface area (Å²) in [6.07, 6.45) is 0. The molecule has 0 bridgehead atoms. The molecule has 0 nitrogen and oxygen atoms in total. The van der Waals surface area contributed by atoms with E-state index in [1.807, 2.05) is 6.82 Å². The third-order valence-corrected chi connectivity index (χ3v) is 0.766. The van der Waals surface area contributed by atoms with Crippen molar-refractivity contribution >= 4 is 33.1 Å². The SMILES string of the molecule is [B]=C(C)C(=[B])[B]C. The van der Waals surface area contributed by atoms with Crippen LogP contribution in [0.2, 0.25) is 6.82 Å². The van der Waals surface area contributed by atoms with E-state index in [9.17, 15) is 0 Å². The Morgan fingerprint density at radius 2 is 1.86 bits per heavy atom. The molecule has 0 unspecified atom stereocenters. The second-order valence-electron chi connectivity index (χ2n) is 1.43. The molecule has 31 valence electrons. The van der Waals surface area contributed by atoms with E-state index in [1.54, 1.807) is 14.2 Å². The van der Waals surface area contributed by atoms with Crippen LogP contribution in [0.25, 0.3) is 0 Å². The summed E-state index contributed by atoms with van der Waals surface area (Å²) in [5.41, 5.74) is 0.683. The van der Waals surface area contributed by atoms with Gasteiger partial charge in [-0.2, -0.15) is 0 Å². The molecular weight excluding hydrogens is 80.5 g/mol. The van der Waals surface area contributed by atoms with Gasteiger partial charge in [0.1, 0.15) is 0 Å². The predicted molar refractivity (Wildman–Crippen MR) is 38.8 cm³/mol. The Labute approximate surface area is 47.7 Å². The van der Waals surface area contributed by atoms with Crippen LogP contribution >= 0.6 is 0 Å². The molecule has 0 atom stereocenters. The zero-order chi connectivity index (χ0) is 5.86. The van der Waals surface area contributed by atoms with Crippen LogP contribution in [-0.2, 0) is 0 Å². The van der Waals surface area contributed by atoms with Gasteiger partial charge in [-0.3, -0.25) is 0 Å². The van der Waals surface area contributed by atoms with Crippen LogP contribution in [0.5, 0.6) is 0 Å². The summed E-state index contributed by atoms with van der Waals surface area (Å²) in [6, 6.07) is 0. The molecule has 0 heterocycles. The topological polar surface area (TPSA) is 0 Å². The van der Waals surface area contributed by atoms with E-state index >= 15 is 0 Å². The molecule has 0 aliphatic heterocycles. The fourth-order valence-corrected chi connectivity index (χ4v) is 0.228. The molecule has 0 aromatic heterocycles. The van der Waals surface area contributed by atoms with Gasteiger partial charge >= 0.3 is 46.8 Å². The molecule has 0 N–H and O–H groups in total. The van der Waals surface area contributed by atoms with E-state index < -0.39 is 0 Å². The van der Waals surface area contributed by atoms with E-state index in [0.717, 1.165) is 0 Å². The van der Waals surface area contributed by atoms with E-state index in [-0.39, 0.29) is 0 Å². The van der Waals surface area contributed by atoms with Crippen LogP contribution in [0.1, 0.15) is 6.92 Å². The maximum absolute atomic E-state index is 5.31. The second-order valence-corrected chi connectivity index (χ2v) is 1.43. The van der Waals surface area contributed by atoms with Crippen LogP contribution < -0.4 is 0 Å². The second kappa shape index (κ2) is 3.01. The first kappa shape index (κ1) is 6.93. The Balaban J connectivity index is 3.58. The van der Waals surface area contributed by atoms with Gasteiger partial charge < -0.3 is 0 Å². The molecule has 0 aromatic carbocycles. The minimum atomic E-state index is 0.667. The van der Waals surface area contributed by atoms with E-state index in [0.29, 0.717) is 10.8 Å². The zero-order valence-corrected chi connectivity index (χ0v) is 4.73. The van der Waals surface area contributed by atoms with Crippen LogP contribution in [0, 0.1) is 0 Å². The van der Waals surface area contributed by atoms with Gasteiger partial charge in [0.05, 0.1) is 0 Å². The van der Waals surface area contributed by atoms with Gasteiger partial charge in [-0.05, 0) is 0 Å². The number of rotatable bonds is 2. The summed E-state index contributed by atoms with van der Waals surface area (Å²) in [5, 5.41) is 0.667. The molecule has 0 rings (SSSR count). The van der Waals surface area contributed by atoms with Gasteiger partial charge in [0.25, 0.3) is 0 Å². The van der Waals surface area contributed by atoms with E-state index in [4.69, 9.17) is 15.0 Å². The third-order valence-electron chi connectivity index (χ3n) is 0.766. The van der Waals surface area contributed by atoms with Crippen molar-refractivity contribution in [2.45, 2.75) is 13.7 Å². The van der Waals surface area contributed by atoms with Crippen molar-refractivity contribution in [3.05, 3.63) is 0 Å². The Kier molecular flexibility index (Phi) is 2.98. The van der Waals surface area contributed by atoms with Crippen molar-refractivity contribution < 1.29 is 0 Å². The molecule has 0 spiro atoms. The normalized spacial score (nSPS) is 7.43. The van der Waals surface area contributed by atoms with Gasteiger partial charge in [-0.15, -0.1) is 0 Å². The summed E-state index contributed by atoms with van der Waals surface area (Å²) < 4.78 is 0. The third kappa shape index (κ3) is 2.61. The summed E-state index contributed by atoms with van der Waals surface area (Å²) in [6.45, 7) is 3.63.